The summed E-state index contributed by atoms with van der Waals surface area (Å²) >= 11 is 0. The van der Waals surface area contributed by atoms with Crippen LogP contribution >= 0.6 is 0 Å². The third-order valence-corrected chi connectivity index (χ3v) is 4.31. The van der Waals surface area contributed by atoms with Gasteiger partial charge in [0.15, 0.2) is 23.1 Å². The van der Waals surface area contributed by atoms with Crippen LogP contribution in [0.4, 0.5) is 8.78 Å². The fraction of sp³-hybridized carbons (Fsp3) is 0.600. The molecule has 0 aromatic heterocycles. The van der Waals surface area contributed by atoms with Gasteiger partial charge in [-0.25, -0.2) is 8.78 Å². The molecule has 3 nitrogen and oxygen atoms in total. The summed E-state index contributed by atoms with van der Waals surface area (Å²) < 4.78 is 39.2. The van der Waals surface area contributed by atoms with Gasteiger partial charge in [0.1, 0.15) is 0 Å². The van der Waals surface area contributed by atoms with E-state index in [1.165, 1.54) is 20.3 Å². The molecule has 2 rings (SSSR count). The summed E-state index contributed by atoms with van der Waals surface area (Å²) in [6, 6.07) is 1.24. The van der Waals surface area contributed by atoms with Crippen LogP contribution in [0.25, 0.3) is 0 Å². The molecule has 1 aromatic carbocycles. The van der Waals surface area contributed by atoms with Crippen molar-refractivity contribution < 1.29 is 18.3 Å². The maximum Gasteiger partial charge on any atom is 0.172 e. The van der Waals surface area contributed by atoms with Crippen molar-refractivity contribution in [1.82, 2.24) is 0 Å². The second kappa shape index (κ2) is 5.95. The highest BCUT2D eigenvalue weighted by molar-refractivity contribution is 5.45. The quantitative estimate of drug-likeness (QED) is 0.924. The summed E-state index contributed by atoms with van der Waals surface area (Å²) in [5.74, 6) is -1.32. The normalized spacial score (nSPS) is 17.9. The Kier molecular flexibility index (Phi) is 4.48. The van der Waals surface area contributed by atoms with Gasteiger partial charge in [-0.15, -0.1) is 0 Å². The number of methoxy groups -OCH3 is 2. The fourth-order valence-corrected chi connectivity index (χ4v) is 3.14. The van der Waals surface area contributed by atoms with Gasteiger partial charge in [0, 0.05) is 23.6 Å². The van der Waals surface area contributed by atoms with Gasteiger partial charge in [-0.05, 0) is 12.8 Å². The fourth-order valence-electron chi connectivity index (χ4n) is 3.14. The topological polar surface area (TPSA) is 44.5 Å². The predicted octanol–water partition coefficient (Wildman–Crippen LogP) is 3.14. The van der Waals surface area contributed by atoms with Crippen molar-refractivity contribution in [3.05, 3.63) is 23.3 Å². The van der Waals surface area contributed by atoms with E-state index in [4.69, 9.17) is 15.2 Å². The number of hydrogen-bond acceptors (Lipinski definition) is 3. The average Bonchev–Trinajstić information content (AvgIpc) is 2.48. The molecule has 0 spiro atoms. The van der Waals surface area contributed by atoms with Crippen molar-refractivity contribution in [1.29, 1.82) is 0 Å². The monoisotopic (exact) mass is 285 g/mol. The van der Waals surface area contributed by atoms with Gasteiger partial charge in [0.25, 0.3) is 0 Å². The van der Waals surface area contributed by atoms with Crippen molar-refractivity contribution in [3.63, 3.8) is 0 Å². The SMILES string of the molecule is COc1cc(OC)c(F)c(C2(CN)CCCCC2)c1F. The lowest BCUT2D eigenvalue weighted by Gasteiger charge is -2.37. The maximum absolute atomic E-state index is 14.6. The second-order valence-electron chi connectivity index (χ2n) is 5.33. The van der Waals surface area contributed by atoms with Crippen LogP contribution in [-0.4, -0.2) is 20.8 Å². The molecular formula is C15H21F2NO2. The number of nitrogens with two attached hydrogens (primary N) is 1. The van der Waals surface area contributed by atoms with Crippen LogP contribution in [0.5, 0.6) is 11.5 Å². The number of ether oxygens (including phenoxy) is 2. The van der Waals surface area contributed by atoms with Gasteiger partial charge in [0.2, 0.25) is 0 Å². The van der Waals surface area contributed by atoms with E-state index < -0.39 is 17.0 Å². The van der Waals surface area contributed by atoms with Gasteiger partial charge in [0.05, 0.1) is 14.2 Å². The minimum absolute atomic E-state index is 0.00310. The van der Waals surface area contributed by atoms with Crippen LogP contribution in [0.15, 0.2) is 6.07 Å². The Labute approximate surface area is 118 Å². The molecular weight excluding hydrogens is 264 g/mol. The third-order valence-electron chi connectivity index (χ3n) is 4.31. The summed E-state index contributed by atoms with van der Waals surface area (Å²) in [5.41, 5.74) is 5.24. The van der Waals surface area contributed by atoms with E-state index in [-0.39, 0.29) is 23.6 Å². The minimum Gasteiger partial charge on any atom is -0.494 e. The van der Waals surface area contributed by atoms with E-state index in [2.05, 4.69) is 0 Å². The average molecular weight is 285 g/mol. The summed E-state index contributed by atoms with van der Waals surface area (Å²) in [4.78, 5) is 0. The zero-order valence-electron chi connectivity index (χ0n) is 12.0. The van der Waals surface area contributed by atoms with Crippen molar-refractivity contribution in [2.75, 3.05) is 20.8 Å². The molecule has 1 aliphatic rings. The van der Waals surface area contributed by atoms with E-state index in [9.17, 15) is 8.78 Å². The lowest BCUT2D eigenvalue weighted by molar-refractivity contribution is 0.269. The summed E-state index contributed by atoms with van der Waals surface area (Å²) in [6.45, 7) is 0.219. The van der Waals surface area contributed by atoms with E-state index in [0.29, 0.717) is 12.8 Å². The highest BCUT2D eigenvalue weighted by atomic mass is 19.1. The molecule has 1 saturated carbocycles. The maximum atomic E-state index is 14.6. The Morgan fingerprint density at radius 3 is 1.95 bits per heavy atom. The lowest BCUT2D eigenvalue weighted by atomic mass is 9.69. The first-order chi connectivity index (χ1) is 9.59. The Balaban J connectivity index is 2.64. The molecule has 5 heteroatoms. The Morgan fingerprint density at radius 1 is 1.05 bits per heavy atom. The van der Waals surface area contributed by atoms with Crippen LogP contribution < -0.4 is 15.2 Å². The third kappa shape index (κ3) is 2.35. The predicted molar refractivity (Wildman–Crippen MR) is 73.3 cm³/mol. The van der Waals surface area contributed by atoms with Gasteiger partial charge in [-0.2, -0.15) is 0 Å². The van der Waals surface area contributed by atoms with E-state index in [1.807, 2.05) is 0 Å². The minimum atomic E-state index is -0.658. The largest absolute Gasteiger partial charge is 0.494 e. The van der Waals surface area contributed by atoms with Gasteiger partial charge >= 0.3 is 0 Å². The molecule has 0 bridgehead atoms. The molecule has 0 saturated heterocycles. The molecule has 0 heterocycles. The zero-order valence-corrected chi connectivity index (χ0v) is 12.0. The van der Waals surface area contributed by atoms with Crippen LogP contribution in [0.3, 0.4) is 0 Å². The van der Waals surface area contributed by atoms with E-state index in [0.717, 1.165) is 19.3 Å². The first-order valence-corrected chi connectivity index (χ1v) is 6.90. The van der Waals surface area contributed by atoms with Crippen LogP contribution in [-0.2, 0) is 5.41 Å². The number of benzene rings is 1. The van der Waals surface area contributed by atoms with Crippen LogP contribution in [0.1, 0.15) is 37.7 Å². The Hall–Kier alpha value is -1.36. The molecule has 0 radical (unpaired) electrons. The lowest BCUT2D eigenvalue weighted by Crippen LogP contribution is -2.39. The molecule has 1 aliphatic carbocycles. The molecule has 20 heavy (non-hydrogen) atoms. The highest BCUT2D eigenvalue weighted by Gasteiger charge is 2.39. The first-order valence-electron chi connectivity index (χ1n) is 6.90. The van der Waals surface area contributed by atoms with Gasteiger partial charge < -0.3 is 15.2 Å². The van der Waals surface area contributed by atoms with Gasteiger partial charge in [-0.3, -0.25) is 0 Å². The Bertz CT molecular complexity index is 457. The van der Waals surface area contributed by atoms with Crippen molar-refractivity contribution in [2.24, 2.45) is 5.73 Å². The smallest absolute Gasteiger partial charge is 0.172 e. The zero-order chi connectivity index (χ0) is 14.8. The van der Waals surface area contributed by atoms with Crippen molar-refractivity contribution >= 4 is 0 Å². The first kappa shape index (κ1) is 15.0. The molecule has 0 atom stereocenters. The van der Waals surface area contributed by atoms with E-state index in [1.54, 1.807) is 0 Å². The summed E-state index contributed by atoms with van der Waals surface area (Å²) in [5, 5.41) is 0. The van der Waals surface area contributed by atoms with Crippen LogP contribution in [0.2, 0.25) is 0 Å². The molecule has 0 unspecified atom stereocenters. The molecule has 2 N–H and O–H groups in total. The molecule has 1 fully saturated rings. The molecule has 0 amide bonds. The van der Waals surface area contributed by atoms with Crippen LogP contribution in [0, 0.1) is 11.6 Å². The van der Waals surface area contributed by atoms with Crippen molar-refractivity contribution in [3.8, 4) is 11.5 Å². The number of rotatable bonds is 4. The summed E-state index contributed by atoms with van der Waals surface area (Å²) in [6.07, 6.45) is 4.30. The van der Waals surface area contributed by atoms with Gasteiger partial charge in [-0.1, -0.05) is 19.3 Å². The second-order valence-corrected chi connectivity index (χ2v) is 5.33. The Morgan fingerprint density at radius 2 is 1.55 bits per heavy atom. The number of hydrogen-bond donors (Lipinski definition) is 1. The number of halogens is 2. The molecule has 1 aromatic rings. The van der Waals surface area contributed by atoms with Crippen molar-refractivity contribution in [2.45, 2.75) is 37.5 Å². The molecule has 0 aliphatic heterocycles. The highest BCUT2D eigenvalue weighted by Crippen LogP contribution is 2.45. The van der Waals surface area contributed by atoms with E-state index >= 15 is 0 Å². The standard InChI is InChI=1S/C15H21F2NO2/c1-19-10-8-11(20-2)14(17)12(13(10)16)15(9-18)6-4-3-5-7-15/h8H,3-7,9,18H2,1-2H3. The molecule has 112 valence electrons. The summed E-state index contributed by atoms with van der Waals surface area (Å²) in [7, 11) is 2.71.